The molecule has 1 aliphatic rings. The number of amides is 1. The van der Waals surface area contributed by atoms with Crippen molar-refractivity contribution in [1.82, 2.24) is 9.88 Å². The molecule has 1 aromatic heterocycles. The number of aromatic nitrogens is 1. The van der Waals surface area contributed by atoms with Crippen LogP contribution in [0.1, 0.15) is 10.4 Å². The van der Waals surface area contributed by atoms with Crippen molar-refractivity contribution in [2.45, 2.75) is 6.10 Å². The maximum Gasteiger partial charge on any atom is 0.255 e. The molecule has 1 aromatic rings. The van der Waals surface area contributed by atoms with E-state index in [-0.39, 0.29) is 24.4 Å². The molecular weight excluding hydrogens is 224 g/mol. The van der Waals surface area contributed by atoms with Crippen LogP contribution in [0, 0.1) is 0 Å². The molecular formula is C11H14N2O4. The van der Waals surface area contributed by atoms with Gasteiger partial charge in [-0.3, -0.25) is 9.78 Å². The lowest BCUT2D eigenvalue weighted by Crippen LogP contribution is -2.46. The Bertz CT molecular complexity index is 410. The smallest absolute Gasteiger partial charge is 0.255 e. The van der Waals surface area contributed by atoms with E-state index < -0.39 is 0 Å². The number of pyridine rings is 1. The quantitative estimate of drug-likeness (QED) is 0.734. The molecule has 17 heavy (non-hydrogen) atoms. The Kier molecular flexibility index (Phi) is 3.55. The van der Waals surface area contributed by atoms with Gasteiger partial charge in [-0.1, -0.05) is 0 Å². The van der Waals surface area contributed by atoms with Crippen molar-refractivity contribution in [3.63, 3.8) is 0 Å². The zero-order valence-electron chi connectivity index (χ0n) is 9.24. The van der Waals surface area contributed by atoms with Crippen LogP contribution < -0.4 is 0 Å². The number of nitrogens with zero attached hydrogens (tertiary/aromatic N) is 2. The van der Waals surface area contributed by atoms with Gasteiger partial charge in [0.1, 0.15) is 5.75 Å². The molecule has 0 spiro atoms. The summed E-state index contributed by atoms with van der Waals surface area (Å²) in [6, 6.07) is 1.37. The molecule has 6 nitrogen and oxygen atoms in total. The number of rotatable bonds is 2. The Morgan fingerprint density at radius 2 is 2.41 bits per heavy atom. The van der Waals surface area contributed by atoms with Crippen LogP contribution in [0.3, 0.4) is 0 Å². The highest BCUT2D eigenvalue weighted by atomic mass is 16.5. The van der Waals surface area contributed by atoms with Gasteiger partial charge in [-0.05, 0) is 6.07 Å². The molecule has 1 fully saturated rings. The van der Waals surface area contributed by atoms with Gasteiger partial charge in [0.05, 0.1) is 31.1 Å². The summed E-state index contributed by atoms with van der Waals surface area (Å²) < 4.78 is 5.26. The van der Waals surface area contributed by atoms with Gasteiger partial charge in [-0.25, -0.2) is 0 Å². The van der Waals surface area contributed by atoms with Crippen molar-refractivity contribution in [2.24, 2.45) is 0 Å². The standard InChI is InChI=1S/C11H14N2O4/c14-7-10-6-13(1-2-17-10)11(16)8-3-9(15)5-12-4-8/h3-5,10,14-15H,1-2,6-7H2. The fourth-order valence-corrected chi connectivity index (χ4v) is 1.74. The zero-order valence-corrected chi connectivity index (χ0v) is 9.24. The first-order valence-electron chi connectivity index (χ1n) is 5.36. The van der Waals surface area contributed by atoms with Crippen molar-refractivity contribution in [1.29, 1.82) is 0 Å². The first-order valence-corrected chi connectivity index (χ1v) is 5.36. The number of ether oxygens (including phenoxy) is 1. The summed E-state index contributed by atoms with van der Waals surface area (Å²) in [4.78, 5) is 17.4. The highest BCUT2D eigenvalue weighted by Crippen LogP contribution is 2.13. The van der Waals surface area contributed by atoms with Crippen molar-refractivity contribution >= 4 is 5.91 Å². The van der Waals surface area contributed by atoms with Crippen LogP contribution in [0.25, 0.3) is 0 Å². The number of carbonyl (C=O) groups excluding carboxylic acids is 1. The molecule has 2 heterocycles. The van der Waals surface area contributed by atoms with Gasteiger partial charge in [0.25, 0.3) is 5.91 Å². The third-order valence-electron chi connectivity index (χ3n) is 2.60. The van der Waals surface area contributed by atoms with Gasteiger partial charge in [0, 0.05) is 19.3 Å². The van der Waals surface area contributed by atoms with Crippen molar-refractivity contribution in [3.8, 4) is 5.75 Å². The zero-order chi connectivity index (χ0) is 12.3. The number of aliphatic hydroxyl groups is 1. The molecule has 0 saturated carbocycles. The monoisotopic (exact) mass is 238 g/mol. The SMILES string of the molecule is O=C(c1cncc(O)c1)N1CCOC(CO)C1. The maximum absolute atomic E-state index is 12.1. The predicted octanol–water partition coefficient (Wildman–Crippen LogP) is -0.380. The molecule has 0 aliphatic carbocycles. The number of aromatic hydroxyl groups is 1. The van der Waals surface area contributed by atoms with E-state index in [0.717, 1.165) is 0 Å². The first-order chi connectivity index (χ1) is 8.20. The number of hydrogen-bond acceptors (Lipinski definition) is 5. The molecule has 1 saturated heterocycles. The largest absolute Gasteiger partial charge is 0.506 e. The average molecular weight is 238 g/mol. The number of hydrogen-bond donors (Lipinski definition) is 2. The van der Waals surface area contributed by atoms with Gasteiger partial charge in [-0.2, -0.15) is 0 Å². The second-order valence-electron chi connectivity index (χ2n) is 3.86. The fraction of sp³-hybridized carbons (Fsp3) is 0.455. The molecule has 2 N–H and O–H groups in total. The maximum atomic E-state index is 12.1. The number of morpholine rings is 1. The van der Waals surface area contributed by atoms with E-state index in [0.29, 0.717) is 25.3 Å². The second-order valence-corrected chi connectivity index (χ2v) is 3.86. The summed E-state index contributed by atoms with van der Waals surface area (Å²) >= 11 is 0. The van der Waals surface area contributed by atoms with Crippen LogP contribution in [-0.2, 0) is 4.74 Å². The minimum Gasteiger partial charge on any atom is -0.506 e. The first kappa shape index (κ1) is 11.8. The Labute approximate surface area is 98.5 Å². The van der Waals surface area contributed by atoms with Crippen LogP contribution in [0.4, 0.5) is 0 Å². The summed E-state index contributed by atoms with van der Waals surface area (Å²) in [6.07, 6.45) is 2.34. The normalized spacial score (nSPS) is 20.3. The summed E-state index contributed by atoms with van der Waals surface area (Å²) in [5.41, 5.74) is 0.337. The van der Waals surface area contributed by atoms with E-state index >= 15 is 0 Å². The minimum atomic E-state index is -0.335. The van der Waals surface area contributed by atoms with E-state index in [1.807, 2.05) is 0 Å². The van der Waals surface area contributed by atoms with E-state index in [1.54, 1.807) is 4.90 Å². The lowest BCUT2D eigenvalue weighted by Gasteiger charge is -2.32. The Morgan fingerprint density at radius 3 is 3.12 bits per heavy atom. The van der Waals surface area contributed by atoms with E-state index in [9.17, 15) is 9.90 Å². The molecule has 6 heteroatoms. The van der Waals surface area contributed by atoms with Crippen molar-refractivity contribution in [3.05, 3.63) is 24.0 Å². The predicted molar refractivity (Wildman–Crippen MR) is 58.6 cm³/mol. The van der Waals surface area contributed by atoms with Gasteiger partial charge in [-0.15, -0.1) is 0 Å². The summed E-state index contributed by atoms with van der Waals surface area (Å²) in [5.74, 6) is -0.252. The third kappa shape index (κ3) is 2.72. The molecule has 1 aliphatic heterocycles. The summed E-state index contributed by atoms with van der Waals surface area (Å²) in [5, 5.41) is 18.3. The lowest BCUT2D eigenvalue weighted by molar-refractivity contribution is -0.0447. The van der Waals surface area contributed by atoms with Gasteiger partial charge in [0.2, 0.25) is 0 Å². The lowest BCUT2D eigenvalue weighted by atomic mass is 10.2. The minimum absolute atomic E-state index is 0.0391. The van der Waals surface area contributed by atoms with Crippen molar-refractivity contribution in [2.75, 3.05) is 26.3 Å². The Hall–Kier alpha value is -1.66. The van der Waals surface area contributed by atoms with Crippen LogP contribution in [-0.4, -0.2) is 58.4 Å². The number of carbonyl (C=O) groups is 1. The van der Waals surface area contributed by atoms with Crippen molar-refractivity contribution < 1.29 is 19.7 Å². The third-order valence-corrected chi connectivity index (χ3v) is 2.60. The van der Waals surface area contributed by atoms with E-state index in [4.69, 9.17) is 9.84 Å². The highest BCUT2D eigenvalue weighted by molar-refractivity contribution is 5.94. The molecule has 2 rings (SSSR count). The van der Waals surface area contributed by atoms with Gasteiger partial charge >= 0.3 is 0 Å². The Balaban J connectivity index is 2.09. The van der Waals surface area contributed by atoms with Crippen LogP contribution in [0.5, 0.6) is 5.75 Å². The van der Waals surface area contributed by atoms with Gasteiger partial charge in [0.15, 0.2) is 0 Å². The molecule has 1 unspecified atom stereocenters. The van der Waals surface area contributed by atoms with Crippen LogP contribution >= 0.6 is 0 Å². The number of aliphatic hydroxyl groups excluding tert-OH is 1. The fourth-order valence-electron chi connectivity index (χ4n) is 1.74. The highest BCUT2D eigenvalue weighted by Gasteiger charge is 2.24. The molecule has 92 valence electrons. The van der Waals surface area contributed by atoms with E-state index in [2.05, 4.69) is 4.98 Å². The molecule has 0 aromatic carbocycles. The van der Waals surface area contributed by atoms with Gasteiger partial charge < -0.3 is 19.8 Å². The van der Waals surface area contributed by atoms with Crippen LogP contribution in [0.2, 0.25) is 0 Å². The molecule has 0 radical (unpaired) electrons. The van der Waals surface area contributed by atoms with E-state index in [1.165, 1.54) is 18.5 Å². The molecule has 0 bridgehead atoms. The second kappa shape index (κ2) is 5.11. The average Bonchev–Trinajstić information content (AvgIpc) is 2.38. The van der Waals surface area contributed by atoms with Crippen LogP contribution in [0.15, 0.2) is 18.5 Å². The summed E-state index contributed by atoms with van der Waals surface area (Å²) in [6.45, 7) is 1.13. The topological polar surface area (TPSA) is 82.9 Å². The Morgan fingerprint density at radius 1 is 1.59 bits per heavy atom. The molecule has 1 amide bonds. The summed E-state index contributed by atoms with van der Waals surface area (Å²) in [7, 11) is 0. The molecule has 1 atom stereocenters.